The highest BCUT2D eigenvalue weighted by atomic mass is 32.2. The monoisotopic (exact) mass is 437 g/mol. The number of hydrogen-bond donors (Lipinski definition) is 6. The zero-order chi connectivity index (χ0) is 21.7. The van der Waals surface area contributed by atoms with Crippen LogP contribution in [0, 0.1) is 17.2 Å². The first-order valence-corrected chi connectivity index (χ1v) is 11.6. The fourth-order valence-corrected chi connectivity index (χ4v) is 7.14. The highest BCUT2D eigenvalue weighted by Gasteiger charge is 2.60. The number of nitrogens with two attached hydrogens (primary N) is 1. The van der Waals surface area contributed by atoms with E-state index in [-0.39, 0.29) is 35.6 Å². The minimum atomic E-state index is -1.06. The standard InChI is InChI=1S/C20H31N5O4S/c1-8-15-14(9(2)26)18(27)25(15)16(19(28)29)17(8)30-13-6-12(7-13)23-10-3-4-11(5-10)24-20(21)22/h8-15,23,26H,3-7H2,1-2H3,(H,28,29)(H4,21,22,24)/t8-,9-,10-,11+,12-,13-,14-,15-/m1/s1. The van der Waals surface area contributed by atoms with E-state index in [0.717, 1.165) is 37.0 Å². The number of hydrogen-bond acceptors (Lipinski definition) is 6. The topological polar surface area (TPSA) is 152 Å². The van der Waals surface area contributed by atoms with Gasteiger partial charge in [0.1, 0.15) is 5.70 Å². The van der Waals surface area contributed by atoms with Gasteiger partial charge in [-0.05, 0) is 39.0 Å². The lowest BCUT2D eigenvalue weighted by Gasteiger charge is -2.46. The summed E-state index contributed by atoms with van der Waals surface area (Å²) in [6, 6.07) is 0.850. The van der Waals surface area contributed by atoms with E-state index >= 15 is 0 Å². The summed E-state index contributed by atoms with van der Waals surface area (Å²) >= 11 is 1.60. The van der Waals surface area contributed by atoms with Gasteiger partial charge >= 0.3 is 5.97 Å². The van der Waals surface area contributed by atoms with Gasteiger partial charge < -0.3 is 31.5 Å². The van der Waals surface area contributed by atoms with Crippen molar-refractivity contribution in [1.29, 1.82) is 5.41 Å². The Labute approximate surface area is 180 Å². The summed E-state index contributed by atoms with van der Waals surface area (Å²) in [6.45, 7) is 3.56. The van der Waals surface area contributed by atoms with Crippen LogP contribution in [-0.2, 0) is 9.59 Å². The normalized spacial score (nSPS) is 38.7. The number of rotatable bonds is 7. The van der Waals surface area contributed by atoms with Crippen LogP contribution in [-0.4, -0.2) is 68.5 Å². The number of thioether (sulfide) groups is 1. The van der Waals surface area contributed by atoms with Gasteiger partial charge in [-0.3, -0.25) is 10.2 Å². The number of carboxylic acids is 1. The van der Waals surface area contributed by atoms with Crippen molar-refractivity contribution in [3.05, 3.63) is 10.6 Å². The number of nitrogens with zero attached hydrogens (tertiary/aromatic N) is 1. The molecule has 0 unspecified atom stereocenters. The lowest BCUT2D eigenvalue weighted by atomic mass is 9.79. The quantitative estimate of drug-likeness (QED) is 0.190. The van der Waals surface area contributed by atoms with Gasteiger partial charge in [-0.25, -0.2) is 4.79 Å². The predicted molar refractivity (Wildman–Crippen MR) is 114 cm³/mol. The van der Waals surface area contributed by atoms with E-state index in [1.54, 1.807) is 18.7 Å². The molecule has 2 heterocycles. The molecule has 166 valence electrons. The Bertz CT molecular complexity index is 781. The summed E-state index contributed by atoms with van der Waals surface area (Å²) in [7, 11) is 0. The summed E-state index contributed by atoms with van der Waals surface area (Å²) in [5.41, 5.74) is 5.53. The average Bonchev–Trinajstić information content (AvgIpc) is 3.13. The highest BCUT2D eigenvalue weighted by molar-refractivity contribution is 8.03. The number of nitrogens with one attached hydrogen (secondary N) is 3. The minimum Gasteiger partial charge on any atom is -0.477 e. The molecule has 2 saturated carbocycles. The first kappa shape index (κ1) is 21.5. The van der Waals surface area contributed by atoms with Crippen LogP contribution in [0.25, 0.3) is 0 Å². The molecule has 4 rings (SSSR count). The summed E-state index contributed by atoms with van der Waals surface area (Å²) in [6.07, 6.45) is 4.18. The Balaban J connectivity index is 1.32. The van der Waals surface area contributed by atoms with Gasteiger partial charge in [0.15, 0.2) is 5.96 Å². The number of fused-ring (bicyclic) bond motifs is 1. The van der Waals surface area contributed by atoms with E-state index in [9.17, 15) is 19.8 Å². The Morgan fingerprint density at radius 1 is 1.27 bits per heavy atom. The third-order valence-corrected chi connectivity index (χ3v) is 8.50. The first-order chi connectivity index (χ1) is 14.2. The largest absolute Gasteiger partial charge is 0.477 e. The van der Waals surface area contributed by atoms with Crippen LogP contribution in [0.3, 0.4) is 0 Å². The number of carbonyl (C=O) groups is 2. The van der Waals surface area contributed by atoms with Gasteiger partial charge in [0.25, 0.3) is 0 Å². The third kappa shape index (κ3) is 3.69. The minimum absolute atomic E-state index is 0.0231. The van der Waals surface area contributed by atoms with E-state index in [1.807, 2.05) is 6.92 Å². The molecule has 0 aromatic rings. The summed E-state index contributed by atoms with van der Waals surface area (Å²) in [4.78, 5) is 26.5. The van der Waals surface area contributed by atoms with Crippen molar-refractivity contribution in [2.45, 2.75) is 81.5 Å². The average molecular weight is 438 g/mol. The number of carboxylic acid groups (broad SMARTS) is 1. The summed E-state index contributed by atoms with van der Waals surface area (Å²) in [5, 5.41) is 34.0. The molecule has 9 nitrogen and oxygen atoms in total. The molecule has 0 bridgehead atoms. The van der Waals surface area contributed by atoms with Crippen LogP contribution in [0.15, 0.2) is 10.6 Å². The molecule has 3 fully saturated rings. The highest BCUT2D eigenvalue weighted by Crippen LogP contribution is 2.53. The van der Waals surface area contributed by atoms with Crippen LogP contribution in [0.1, 0.15) is 46.0 Å². The molecular weight excluding hydrogens is 406 g/mol. The number of aliphatic hydroxyl groups excluding tert-OH is 1. The van der Waals surface area contributed by atoms with Crippen molar-refractivity contribution in [2.24, 2.45) is 17.6 Å². The predicted octanol–water partition coefficient (Wildman–Crippen LogP) is 0.398. The number of guanidine groups is 1. The van der Waals surface area contributed by atoms with Crippen LogP contribution < -0.4 is 16.4 Å². The van der Waals surface area contributed by atoms with Crippen molar-refractivity contribution >= 4 is 29.6 Å². The second-order valence-corrected chi connectivity index (χ2v) is 10.5. The van der Waals surface area contributed by atoms with Crippen LogP contribution >= 0.6 is 11.8 Å². The molecule has 0 radical (unpaired) electrons. The molecule has 1 amide bonds. The molecule has 0 aromatic heterocycles. The maximum absolute atomic E-state index is 12.4. The fourth-order valence-electron chi connectivity index (χ4n) is 5.47. The van der Waals surface area contributed by atoms with Crippen molar-refractivity contribution in [1.82, 2.24) is 15.5 Å². The molecule has 10 heteroatoms. The zero-order valence-electron chi connectivity index (χ0n) is 17.3. The molecule has 30 heavy (non-hydrogen) atoms. The van der Waals surface area contributed by atoms with E-state index in [4.69, 9.17) is 11.1 Å². The molecule has 0 aromatic carbocycles. The SMILES string of the molecule is C[C@@H](O)[C@H]1C(=O)N2C(C(=O)O)=C(S[C@H]3C[C@H](N[C@@H]4CC[C@H](NC(=N)N)C4)C3)[C@H](C)[C@H]12. The Morgan fingerprint density at radius 3 is 2.53 bits per heavy atom. The maximum atomic E-state index is 12.4. The summed E-state index contributed by atoms with van der Waals surface area (Å²) in [5.74, 6) is -1.90. The molecule has 0 spiro atoms. The fraction of sp³-hybridized carbons (Fsp3) is 0.750. The molecule has 1 saturated heterocycles. The molecular formula is C20H31N5O4S. The second-order valence-electron chi connectivity index (χ2n) is 9.11. The van der Waals surface area contributed by atoms with Gasteiger partial charge in [-0.2, -0.15) is 0 Å². The summed E-state index contributed by atoms with van der Waals surface area (Å²) < 4.78 is 0. The smallest absolute Gasteiger partial charge is 0.353 e. The van der Waals surface area contributed by atoms with Crippen LogP contribution in [0.2, 0.25) is 0 Å². The molecule has 2 aliphatic heterocycles. The van der Waals surface area contributed by atoms with Gasteiger partial charge in [-0.15, -0.1) is 11.8 Å². The lowest BCUT2D eigenvalue weighted by molar-refractivity contribution is -0.163. The molecule has 4 aliphatic rings. The van der Waals surface area contributed by atoms with Crippen molar-refractivity contribution < 1.29 is 19.8 Å². The van der Waals surface area contributed by atoms with Crippen molar-refractivity contribution in [3.63, 3.8) is 0 Å². The van der Waals surface area contributed by atoms with Crippen LogP contribution in [0.5, 0.6) is 0 Å². The van der Waals surface area contributed by atoms with Gasteiger partial charge in [0.2, 0.25) is 5.91 Å². The number of aliphatic hydroxyl groups is 1. The third-order valence-electron chi connectivity index (χ3n) is 6.96. The number of amides is 1. The van der Waals surface area contributed by atoms with E-state index in [1.165, 1.54) is 4.90 Å². The molecule has 2 aliphatic carbocycles. The second kappa shape index (κ2) is 8.05. The van der Waals surface area contributed by atoms with E-state index < -0.39 is 18.0 Å². The Kier molecular flexibility index (Phi) is 5.75. The number of β-lactam (4-membered cyclic amide) rings is 1. The lowest BCUT2D eigenvalue weighted by Crippen LogP contribution is -2.63. The van der Waals surface area contributed by atoms with Gasteiger partial charge in [-0.1, -0.05) is 6.92 Å². The molecule has 7 N–H and O–H groups in total. The first-order valence-electron chi connectivity index (χ1n) is 10.7. The number of aliphatic carboxylic acids is 1. The van der Waals surface area contributed by atoms with E-state index in [0.29, 0.717) is 17.3 Å². The van der Waals surface area contributed by atoms with Gasteiger partial charge in [0, 0.05) is 34.2 Å². The van der Waals surface area contributed by atoms with Gasteiger partial charge in [0.05, 0.1) is 18.1 Å². The Hall–Kier alpha value is -1.78. The zero-order valence-corrected chi connectivity index (χ0v) is 18.1. The van der Waals surface area contributed by atoms with Crippen LogP contribution in [0.4, 0.5) is 0 Å². The number of carbonyl (C=O) groups excluding carboxylic acids is 1. The molecule has 6 atom stereocenters. The van der Waals surface area contributed by atoms with E-state index in [2.05, 4.69) is 10.6 Å². The maximum Gasteiger partial charge on any atom is 0.353 e. The van der Waals surface area contributed by atoms with Crippen molar-refractivity contribution in [2.75, 3.05) is 0 Å². The Morgan fingerprint density at radius 2 is 1.93 bits per heavy atom. The van der Waals surface area contributed by atoms with Crippen molar-refractivity contribution in [3.8, 4) is 0 Å².